The molecule has 0 aromatic heterocycles. The zero-order valence-electron chi connectivity index (χ0n) is 17.6. The van der Waals surface area contributed by atoms with Crippen LogP contribution >= 0.6 is 0 Å². The average Bonchev–Trinajstić information content (AvgIpc) is 2.86. The Hall–Kier alpha value is -2.73. The van der Waals surface area contributed by atoms with Gasteiger partial charge < -0.3 is 5.32 Å². The van der Waals surface area contributed by atoms with Crippen molar-refractivity contribution in [1.29, 1.82) is 0 Å². The Morgan fingerprint density at radius 2 is 1.62 bits per heavy atom. The minimum atomic E-state index is -1.19. The predicted molar refractivity (Wildman–Crippen MR) is 111 cm³/mol. The number of hydrogen-bond donors (Lipinski definition) is 1. The smallest absolute Gasteiger partial charge is 0.319 e. The Morgan fingerprint density at radius 1 is 1.03 bits per heavy atom. The summed E-state index contributed by atoms with van der Waals surface area (Å²) in [4.78, 5) is 28.6. The fraction of sp³-hybridized carbons (Fsp3) is 0.391. The van der Waals surface area contributed by atoms with Crippen molar-refractivity contribution >= 4 is 11.9 Å². The van der Waals surface area contributed by atoms with Gasteiger partial charge in [0.2, 0.25) is 0 Å². The molecule has 1 fully saturated rings. The van der Waals surface area contributed by atoms with Gasteiger partial charge in [-0.3, -0.25) is 9.69 Å². The molecule has 29 heavy (non-hydrogen) atoms. The largest absolute Gasteiger partial charge is 0.326 e. The summed E-state index contributed by atoms with van der Waals surface area (Å²) in [7, 11) is 1.87. The van der Waals surface area contributed by atoms with Crippen LogP contribution in [-0.4, -0.2) is 35.5 Å². The SMILES string of the molecule is CN(Cc1ccc(C(C)(C)C)cc1)CN1C(=O)NC(C)(c2ccc(F)cc2)C1=O. The van der Waals surface area contributed by atoms with Gasteiger partial charge in [0.1, 0.15) is 11.4 Å². The molecule has 1 aliphatic rings. The Kier molecular flexibility index (Phi) is 5.50. The van der Waals surface area contributed by atoms with E-state index in [0.717, 1.165) is 5.56 Å². The van der Waals surface area contributed by atoms with E-state index in [4.69, 9.17) is 0 Å². The summed E-state index contributed by atoms with van der Waals surface area (Å²) in [5.74, 6) is -0.729. The first kappa shape index (κ1) is 21.0. The molecule has 3 rings (SSSR count). The minimum Gasteiger partial charge on any atom is -0.319 e. The Balaban J connectivity index is 1.69. The van der Waals surface area contributed by atoms with Crippen molar-refractivity contribution in [1.82, 2.24) is 15.1 Å². The van der Waals surface area contributed by atoms with Gasteiger partial charge in [-0.15, -0.1) is 0 Å². The molecule has 0 aliphatic carbocycles. The molecule has 2 aromatic rings. The quantitative estimate of drug-likeness (QED) is 0.777. The number of halogens is 1. The van der Waals surface area contributed by atoms with Crippen LogP contribution in [-0.2, 0) is 22.3 Å². The molecule has 1 unspecified atom stereocenters. The molecule has 2 aromatic carbocycles. The molecule has 3 amide bonds. The van der Waals surface area contributed by atoms with Gasteiger partial charge >= 0.3 is 6.03 Å². The van der Waals surface area contributed by atoms with E-state index in [1.807, 2.05) is 11.9 Å². The molecular weight excluding hydrogens is 369 g/mol. The van der Waals surface area contributed by atoms with Crippen LogP contribution in [0.15, 0.2) is 48.5 Å². The van der Waals surface area contributed by atoms with E-state index in [1.54, 1.807) is 6.92 Å². The number of carbonyl (C=O) groups excluding carboxylic acids is 2. The summed E-state index contributed by atoms with van der Waals surface area (Å²) in [5, 5.41) is 2.75. The standard InChI is InChI=1S/C23H28FN3O2/c1-22(2,3)17-8-6-16(7-9-17)14-26(5)15-27-20(28)23(4,25-21(27)29)18-10-12-19(24)13-11-18/h6-13H,14-15H2,1-5H3,(H,25,29). The highest BCUT2D eigenvalue weighted by molar-refractivity contribution is 6.07. The lowest BCUT2D eigenvalue weighted by Gasteiger charge is -2.25. The average molecular weight is 397 g/mol. The normalized spacial score (nSPS) is 19.8. The van der Waals surface area contributed by atoms with Crippen molar-refractivity contribution in [3.8, 4) is 0 Å². The molecule has 1 N–H and O–H groups in total. The second-order valence-corrected chi connectivity index (χ2v) is 8.90. The second kappa shape index (κ2) is 7.59. The van der Waals surface area contributed by atoms with E-state index in [2.05, 4.69) is 50.4 Å². The van der Waals surface area contributed by atoms with Crippen LogP contribution in [0.1, 0.15) is 44.4 Å². The summed E-state index contributed by atoms with van der Waals surface area (Å²) in [6, 6.07) is 13.6. The lowest BCUT2D eigenvalue weighted by atomic mass is 9.87. The first-order chi connectivity index (χ1) is 13.5. The van der Waals surface area contributed by atoms with Crippen LogP contribution < -0.4 is 5.32 Å². The molecule has 154 valence electrons. The topological polar surface area (TPSA) is 52.6 Å². The first-order valence-corrected chi connectivity index (χ1v) is 9.69. The molecule has 1 aliphatic heterocycles. The van der Waals surface area contributed by atoms with Crippen molar-refractivity contribution < 1.29 is 14.0 Å². The van der Waals surface area contributed by atoms with E-state index in [-0.39, 0.29) is 23.8 Å². The number of benzene rings is 2. The Labute approximate surface area is 171 Å². The third-order valence-corrected chi connectivity index (χ3v) is 5.35. The molecule has 0 saturated carbocycles. The highest BCUT2D eigenvalue weighted by atomic mass is 19.1. The van der Waals surface area contributed by atoms with Crippen LogP contribution in [0.2, 0.25) is 0 Å². The van der Waals surface area contributed by atoms with E-state index in [0.29, 0.717) is 12.1 Å². The fourth-order valence-electron chi connectivity index (χ4n) is 3.52. The van der Waals surface area contributed by atoms with Gasteiger partial charge in [0, 0.05) is 6.54 Å². The zero-order chi connectivity index (χ0) is 21.4. The highest BCUT2D eigenvalue weighted by Gasteiger charge is 2.49. The lowest BCUT2D eigenvalue weighted by Crippen LogP contribution is -2.42. The van der Waals surface area contributed by atoms with Gasteiger partial charge in [-0.2, -0.15) is 0 Å². The lowest BCUT2D eigenvalue weighted by molar-refractivity contribution is -0.132. The van der Waals surface area contributed by atoms with Gasteiger partial charge in [0.25, 0.3) is 5.91 Å². The number of nitrogens with one attached hydrogen (secondary N) is 1. The van der Waals surface area contributed by atoms with Crippen LogP contribution in [0.3, 0.4) is 0 Å². The third kappa shape index (κ3) is 4.32. The zero-order valence-corrected chi connectivity index (χ0v) is 17.6. The maximum atomic E-state index is 13.2. The number of amides is 3. The third-order valence-electron chi connectivity index (χ3n) is 5.35. The molecule has 0 radical (unpaired) electrons. The van der Waals surface area contributed by atoms with Gasteiger partial charge in [-0.05, 0) is 48.2 Å². The van der Waals surface area contributed by atoms with E-state index < -0.39 is 11.6 Å². The predicted octanol–water partition coefficient (Wildman–Crippen LogP) is 3.98. The minimum absolute atomic E-state index is 0.0926. The maximum absolute atomic E-state index is 13.2. The monoisotopic (exact) mass is 397 g/mol. The number of rotatable bonds is 5. The summed E-state index contributed by atoms with van der Waals surface area (Å²) in [5.41, 5.74) is 1.82. The molecule has 1 saturated heterocycles. The van der Waals surface area contributed by atoms with Gasteiger partial charge in [-0.1, -0.05) is 57.2 Å². The molecule has 1 atom stereocenters. The molecule has 6 heteroatoms. The molecular formula is C23H28FN3O2. The van der Waals surface area contributed by atoms with E-state index >= 15 is 0 Å². The summed E-state index contributed by atoms with van der Waals surface area (Å²) < 4.78 is 13.2. The highest BCUT2D eigenvalue weighted by Crippen LogP contribution is 2.29. The summed E-state index contributed by atoms with van der Waals surface area (Å²) in [6.07, 6.45) is 0. The van der Waals surface area contributed by atoms with Gasteiger partial charge in [0.15, 0.2) is 0 Å². The Morgan fingerprint density at radius 3 is 2.17 bits per heavy atom. The van der Waals surface area contributed by atoms with Crippen molar-refractivity contribution in [3.05, 3.63) is 71.0 Å². The molecule has 5 nitrogen and oxygen atoms in total. The second-order valence-electron chi connectivity index (χ2n) is 8.90. The number of urea groups is 1. The van der Waals surface area contributed by atoms with Crippen molar-refractivity contribution in [2.45, 2.75) is 45.2 Å². The van der Waals surface area contributed by atoms with Gasteiger partial charge in [0.05, 0.1) is 6.67 Å². The van der Waals surface area contributed by atoms with E-state index in [9.17, 15) is 14.0 Å². The number of carbonyl (C=O) groups is 2. The number of nitrogens with zero attached hydrogens (tertiary/aromatic N) is 2. The number of hydrogen-bond acceptors (Lipinski definition) is 3. The maximum Gasteiger partial charge on any atom is 0.326 e. The summed E-state index contributed by atoms with van der Waals surface area (Å²) in [6.45, 7) is 8.93. The van der Waals surface area contributed by atoms with Crippen molar-refractivity contribution in [2.24, 2.45) is 0 Å². The van der Waals surface area contributed by atoms with Crippen molar-refractivity contribution in [2.75, 3.05) is 13.7 Å². The number of imide groups is 1. The van der Waals surface area contributed by atoms with Crippen LogP contribution in [0.5, 0.6) is 0 Å². The van der Waals surface area contributed by atoms with Gasteiger partial charge in [-0.25, -0.2) is 14.1 Å². The van der Waals surface area contributed by atoms with Crippen LogP contribution in [0, 0.1) is 5.82 Å². The molecule has 0 bridgehead atoms. The first-order valence-electron chi connectivity index (χ1n) is 9.69. The van der Waals surface area contributed by atoms with E-state index in [1.165, 1.54) is 34.7 Å². The molecule has 0 spiro atoms. The fourth-order valence-corrected chi connectivity index (χ4v) is 3.52. The summed E-state index contributed by atoms with van der Waals surface area (Å²) >= 11 is 0. The Bertz CT molecular complexity index is 903. The van der Waals surface area contributed by atoms with Crippen molar-refractivity contribution in [3.63, 3.8) is 0 Å². The van der Waals surface area contributed by atoms with Crippen LogP contribution in [0.4, 0.5) is 9.18 Å². The molecule has 1 heterocycles. The van der Waals surface area contributed by atoms with Crippen LogP contribution in [0.25, 0.3) is 0 Å².